The van der Waals surface area contributed by atoms with Crippen molar-refractivity contribution >= 4 is 6.03 Å². The van der Waals surface area contributed by atoms with Crippen LogP contribution in [-0.4, -0.2) is 37.5 Å². The van der Waals surface area contributed by atoms with Crippen molar-refractivity contribution in [2.45, 2.75) is 31.7 Å². The summed E-state index contributed by atoms with van der Waals surface area (Å²) in [5.74, 6) is 0.580. The molecule has 0 radical (unpaired) electrons. The zero-order valence-corrected chi connectivity index (χ0v) is 13.0. The minimum Gasteiger partial charge on any atom is -0.396 e. The maximum atomic E-state index is 12.0. The molecule has 0 aliphatic carbocycles. The van der Waals surface area contributed by atoms with E-state index in [1.54, 1.807) is 0 Å². The molecule has 0 aromatic heterocycles. The molecule has 1 heterocycles. The topological polar surface area (TPSA) is 70.6 Å². The van der Waals surface area contributed by atoms with Gasteiger partial charge < -0.3 is 20.5 Å². The average Bonchev–Trinajstić information content (AvgIpc) is 2.56. The van der Waals surface area contributed by atoms with E-state index in [0.717, 1.165) is 38.0 Å². The van der Waals surface area contributed by atoms with Gasteiger partial charge in [-0.1, -0.05) is 30.3 Å². The van der Waals surface area contributed by atoms with Gasteiger partial charge in [-0.3, -0.25) is 0 Å². The number of benzene rings is 1. The maximum absolute atomic E-state index is 12.0. The molecule has 1 fully saturated rings. The lowest BCUT2D eigenvalue weighted by Gasteiger charge is -2.27. The van der Waals surface area contributed by atoms with Gasteiger partial charge in [0.15, 0.2) is 0 Å². The van der Waals surface area contributed by atoms with Crippen molar-refractivity contribution < 1.29 is 14.6 Å². The van der Waals surface area contributed by atoms with E-state index in [4.69, 9.17) is 9.84 Å². The predicted molar refractivity (Wildman–Crippen MR) is 85.6 cm³/mol. The van der Waals surface area contributed by atoms with Gasteiger partial charge in [0.05, 0.1) is 6.04 Å². The van der Waals surface area contributed by atoms with Gasteiger partial charge in [0.2, 0.25) is 0 Å². The standard InChI is InChI=1S/C17H26N2O3/c20-10-4-9-18-17(21)19-16(15-5-2-1-3-6-15)13-14-7-11-22-12-8-14/h1-3,5-6,14,16,20H,4,7-13H2,(H2,18,19,21). The Balaban J connectivity index is 1.93. The third-order valence-corrected chi connectivity index (χ3v) is 4.04. The number of hydrogen-bond donors (Lipinski definition) is 3. The van der Waals surface area contributed by atoms with Crippen molar-refractivity contribution in [3.05, 3.63) is 35.9 Å². The molecule has 22 heavy (non-hydrogen) atoms. The van der Waals surface area contributed by atoms with Crippen molar-refractivity contribution in [2.24, 2.45) is 5.92 Å². The van der Waals surface area contributed by atoms with Gasteiger partial charge in [-0.05, 0) is 37.2 Å². The smallest absolute Gasteiger partial charge is 0.315 e. The number of aliphatic hydroxyl groups excluding tert-OH is 1. The molecule has 1 atom stereocenters. The molecule has 1 aliphatic heterocycles. The SMILES string of the molecule is O=C(NCCCO)NC(CC1CCOCC1)c1ccccc1. The van der Waals surface area contributed by atoms with Gasteiger partial charge in [-0.25, -0.2) is 4.79 Å². The van der Waals surface area contributed by atoms with Gasteiger partial charge in [-0.2, -0.15) is 0 Å². The second-order valence-electron chi connectivity index (χ2n) is 5.73. The molecule has 5 heteroatoms. The van der Waals surface area contributed by atoms with Crippen LogP contribution in [0.15, 0.2) is 30.3 Å². The number of carbonyl (C=O) groups excluding carboxylic acids is 1. The van der Waals surface area contributed by atoms with Crippen LogP contribution in [0.3, 0.4) is 0 Å². The zero-order chi connectivity index (χ0) is 15.6. The summed E-state index contributed by atoms with van der Waals surface area (Å²) in [5.41, 5.74) is 1.13. The molecule has 1 aliphatic rings. The molecule has 2 amide bonds. The van der Waals surface area contributed by atoms with E-state index < -0.39 is 0 Å². The lowest BCUT2D eigenvalue weighted by atomic mass is 9.89. The number of ether oxygens (including phenoxy) is 1. The van der Waals surface area contributed by atoms with Crippen LogP contribution in [0.1, 0.15) is 37.3 Å². The molecule has 5 nitrogen and oxygen atoms in total. The lowest BCUT2D eigenvalue weighted by Crippen LogP contribution is -2.39. The summed E-state index contributed by atoms with van der Waals surface area (Å²) in [6.07, 6.45) is 3.61. The van der Waals surface area contributed by atoms with Crippen molar-refractivity contribution in [3.8, 4) is 0 Å². The Labute approximate surface area is 132 Å². The van der Waals surface area contributed by atoms with E-state index in [1.165, 1.54) is 0 Å². The van der Waals surface area contributed by atoms with Crippen LogP contribution in [-0.2, 0) is 4.74 Å². The number of aliphatic hydroxyl groups is 1. The molecule has 122 valence electrons. The highest BCUT2D eigenvalue weighted by Gasteiger charge is 2.21. The molecular formula is C17H26N2O3. The molecular weight excluding hydrogens is 280 g/mol. The number of rotatable bonds is 7. The van der Waals surface area contributed by atoms with E-state index >= 15 is 0 Å². The second-order valence-corrected chi connectivity index (χ2v) is 5.73. The molecule has 2 rings (SSSR count). The molecule has 0 saturated carbocycles. The van der Waals surface area contributed by atoms with Crippen LogP contribution >= 0.6 is 0 Å². The number of urea groups is 1. The number of hydrogen-bond acceptors (Lipinski definition) is 3. The van der Waals surface area contributed by atoms with Crippen molar-refractivity contribution in [1.82, 2.24) is 10.6 Å². The number of amides is 2. The first-order valence-electron chi connectivity index (χ1n) is 8.07. The Morgan fingerprint density at radius 1 is 1.27 bits per heavy atom. The van der Waals surface area contributed by atoms with Gasteiger partial charge in [-0.15, -0.1) is 0 Å². The summed E-state index contributed by atoms with van der Waals surface area (Å²) in [4.78, 5) is 12.0. The highest BCUT2D eigenvalue weighted by Crippen LogP contribution is 2.27. The Bertz CT molecular complexity index is 433. The first-order chi connectivity index (χ1) is 10.8. The van der Waals surface area contributed by atoms with Crippen LogP contribution in [0, 0.1) is 5.92 Å². The van der Waals surface area contributed by atoms with Crippen molar-refractivity contribution in [1.29, 1.82) is 0 Å². The summed E-state index contributed by atoms with van der Waals surface area (Å²) in [7, 11) is 0. The summed E-state index contributed by atoms with van der Waals surface area (Å²) >= 11 is 0. The van der Waals surface area contributed by atoms with E-state index in [-0.39, 0.29) is 18.7 Å². The van der Waals surface area contributed by atoms with Crippen LogP contribution in [0.4, 0.5) is 4.79 Å². The second kappa shape index (κ2) is 9.43. The fourth-order valence-electron chi connectivity index (χ4n) is 2.77. The fourth-order valence-corrected chi connectivity index (χ4v) is 2.77. The highest BCUT2D eigenvalue weighted by molar-refractivity contribution is 5.74. The minimum absolute atomic E-state index is 0.0124. The summed E-state index contributed by atoms with van der Waals surface area (Å²) < 4.78 is 5.41. The summed E-state index contributed by atoms with van der Waals surface area (Å²) in [6.45, 7) is 2.20. The molecule has 0 bridgehead atoms. The molecule has 1 aromatic rings. The quantitative estimate of drug-likeness (QED) is 0.677. The number of nitrogens with one attached hydrogen (secondary N) is 2. The summed E-state index contributed by atoms with van der Waals surface area (Å²) in [6, 6.07) is 9.93. The maximum Gasteiger partial charge on any atom is 0.315 e. The third-order valence-electron chi connectivity index (χ3n) is 4.04. The van der Waals surface area contributed by atoms with Gasteiger partial charge in [0.25, 0.3) is 0 Å². The average molecular weight is 306 g/mol. The van der Waals surface area contributed by atoms with Crippen LogP contribution in [0.5, 0.6) is 0 Å². The van der Waals surface area contributed by atoms with Crippen LogP contribution in [0.25, 0.3) is 0 Å². The Kier molecular flexibility index (Phi) is 7.19. The normalized spacial score (nSPS) is 17.0. The molecule has 1 unspecified atom stereocenters. The van der Waals surface area contributed by atoms with Gasteiger partial charge >= 0.3 is 6.03 Å². The Morgan fingerprint density at radius 3 is 2.68 bits per heavy atom. The highest BCUT2D eigenvalue weighted by atomic mass is 16.5. The lowest BCUT2D eigenvalue weighted by molar-refractivity contribution is 0.0609. The van der Waals surface area contributed by atoms with Crippen LogP contribution in [0.2, 0.25) is 0 Å². The van der Waals surface area contributed by atoms with Crippen LogP contribution < -0.4 is 10.6 Å². The Hall–Kier alpha value is -1.59. The van der Waals surface area contributed by atoms with E-state index in [1.807, 2.05) is 18.2 Å². The third kappa shape index (κ3) is 5.66. The summed E-state index contributed by atoms with van der Waals surface area (Å²) in [5, 5.41) is 14.6. The molecule has 3 N–H and O–H groups in total. The monoisotopic (exact) mass is 306 g/mol. The minimum atomic E-state index is -0.172. The van der Waals surface area contributed by atoms with Crippen molar-refractivity contribution in [2.75, 3.05) is 26.4 Å². The van der Waals surface area contributed by atoms with E-state index in [2.05, 4.69) is 22.8 Å². The zero-order valence-electron chi connectivity index (χ0n) is 13.0. The molecule has 1 saturated heterocycles. The Morgan fingerprint density at radius 2 is 2.00 bits per heavy atom. The molecule has 0 spiro atoms. The molecule has 1 aromatic carbocycles. The van der Waals surface area contributed by atoms with Gasteiger partial charge in [0.1, 0.15) is 0 Å². The fraction of sp³-hybridized carbons (Fsp3) is 0.588. The first-order valence-corrected chi connectivity index (χ1v) is 8.07. The van der Waals surface area contributed by atoms with E-state index in [0.29, 0.717) is 18.9 Å². The number of carbonyl (C=O) groups is 1. The predicted octanol–water partition coefficient (Wildman–Crippen LogP) is 2.23. The first kappa shape index (κ1) is 16.8. The van der Waals surface area contributed by atoms with E-state index in [9.17, 15) is 4.79 Å². The van der Waals surface area contributed by atoms with Crippen molar-refractivity contribution in [3.63, 3.8) is 0 Å². The largest absolute Gasteiger partial charge is 0.396 e. The van der Waals surface area contributed by atoms with Gasteiger partial charge in [0, 0.05) is 26.4 Å².